The number of hydrogen-bond donors (Lipinski definition) is 0. The number of hydrogen-bond acceptors (Lipinski definition) is 1. The molecular weight excluding hydrogens is 196 g/mol. The van der Waals surface area contributed by atoms with Gasteiger partial charge in [-0.15, -0.1) is 0 Å². The van der Waals surface area contributed by atoms with Crippen LogP contribution in [0.4, 0.5) is 0 Å². The zero-order chi connectivity index (χ0) is 11.9. The fraction of sp³-hybridized carbons (Fsp3) is 0.267. The lowest BCUT2D eigenvalue weighted by Crippen LogP contribution is -1.72. The van der Waals surface area contributed by atoms with Crippen LogP contribution in [0.3, 0.4) is 0 Å². The number of allylic oxidation sites excluding steroid dienone is 4. The smallest absolute Gasteiger partial charge is 0.120 e. The van der Waals surface area contributed by atoms with Crippen LogP contribution in [0.15, 0.2) is 24.3 Å². The molecule has 0 amide bonds. The van der Waals surface area contributed by atoms with E-state index >= 15 is 0 Å². The van der Waals surface area contributed by atoms with Crippen LogP contribution >= 0.6 is 0 Å². The first-order chi connectivity index (χ1) is 7.91. The second-order valence-electron chi connectivity index (χ2n) is 2.78. The summed E-state index contributed by atoms with van der Waals surface area (Å²) in [5.74, 6) is 15.9. The van der Waals surface area contributed by atoms with Crippen molar-refractivity contribution in [3.63, 3.8) is 0 Å². The fourth-order valence-corrected chi connectivity index (χ4v) is 0.800. The molecular formula is C15H14O. The molecule has 16 heavy (non-hydrogen) atoms. The predicted molar refractivity (Wildman–Crippen MR) is 67.2 cm³/mol. The average Bonchev–Trinajstić information content (AvgIpc) is 2.31. The predicted octanol–water partition coefficient (Wildman–Crippen LogP) is 2.50. The normalized spacial score (nSPS) is 8.56. The van der Waals surface area contributed by atoms with Crippen LogP contribution in [0, 0.1) is 35.5 Å². The topological polar surface area (TPSA) is 17.1 Å². The van der Waals surface area contributed by atoms with E-state index in [9.17, 15) is 4.79 Å². The maximum Gasteiger partial charge on any atom is 0.120 e. The lowest BCUT2D eigenvalue weighted by atomic mass is 10.2. The van der Waals surface area contributed by atoms with Crippen LogP contribution < -0.4 is 0 Å². The van der Waals surface area contributed by atoms with Gasteiger partial charge in [-0.1, -0.05) is 30.1 Å². The maximum atomic E-state index is 10.0. The highest BCUT2D eigenvalue weighted by Gasteiger charge is 1.79. The standard InChI is InChI=1S/C15H14O/c1-2-3-4-5-6-7-8-9-10-11-12-13-14-15-16/h8-11,15H,12-14H2,1H3. The van der Waals surface area contributed by atoms with Gasteiger partial charge < -0.3 is 4.79 Å². The molecule has 0 saturated heterocycles. The molecule has 0 heterocycles. The van der Waals surface area contributed by atoms with Gasteiger partial charge in [-0.05, 0) is 49.5 Å². The molecule has 0 aliphatic rings. The van der Waals surface area contributed by atoms with Gasteiger partial charge in [0.05, 0.1) is 0 Å². The Morgan fingerprint density at radius 2 is 1.81 bits per heavy atom. The minimum Gasteiger partial charge on any atom is -0.303 e. The first-order valence-corrected chi connectivity index (χ1v) is 5.09. The molecule has 0 fully saturated rings. The van der Waals surface area contributed by atoms with Crippen LogP contribution in [-0.4, -0.2) is 6.29 Å². The fourth-order valence-electron chi connectivity index (χ4n) is 0.800. The molecule has 0 atom stereocenters. The second kappa shape index (κ2) is 12.8. The molecule has 0 spiro atoms. The third-order valence-corrected chi connectivity index (χ3v) is 1.50. The van der Waals surface area contributed by atoms with E-state index in [0.29, 0.717) is 6.42 Å². The van der Waals surface area contributed by atoms with Crippen LogP contribution in [0.1, 0.15) is 26.2 Å². The van der Waals surface area contributed by atoms with Gasteiger partial charge in [0.15, 0.2) is 0 Å². The number of aldehydes is 1. The van der Waals surface area contributed by atoms with Gasteiger partial charge >= 0.3 is 0 Å². The third-order valence-electron chi connectivity index (χ3n) is 1.50. The molecule has 0 unspecified atom stereocenters. The molecule has 0 N–H and O–H groups in total. The van der Waals surface area contributed by atoms with Crippen molar-refractivity contribution in [2.45, 2.75) is 26.2 Å². The molecule has 0 bridgehead atoms. The summed E-state index contributed by atoms with van der Waals surface area (Å²) in [5, 5.41) is 0. The summed E-state index contributed by atoms with van der Waals surface area (Å²) in [5.41, 5.74) is 0. The molecule has 0 rings (SSSR count). The minimum atomic E-state index is 0.627. The van der Waals surface area contributed by atoms with Gasteiger partial charge in [-0.25, -0.2) is 0 Å². The largest absolute Gasteiger partial charge is 0.303 e. The van der Waals surface area contributed by atoms with Crippen molar-refractivity contribution in [2.75, 3.05) is 0 Å². The lowest BCUT2D eigenvalue weighted by Gasteiger charge is -1.84. The van der Waals surface area contributed by atoms with E-state index in [2.05, 4.69) is 35.5 Å². The van der Waals surface area contributed by atoms with E-state index in [-0.39, 0.29) is 0 Å². The summed E-state index contributed by atoms with van der Waals surface area (Å²) in [6.45, 7) is 1.73. The van der Waals surface area contributed by atoms with Gasteiger partial charge in [0.2, 0.25) is 0 Å². The summed E-state index contributed by atoms with van der Waals surface area (Å²) >= 11 is 0. The molecule has 1 heteroatoms. The van der Waals surface area contributed by atoms with E-state index < -0.39 is 0 Å². The molecule has 0 aliphatic heterocycles. The molecule has 0 aliphatic carbocycles. The molecule has 0 radical (unpaired) electrons. The summed E-state index contributed by atoms with van der Waals surface area (Å²) in [4.78, 5) is 10.0. The SMILES string of the molecule is CC#CC#CC#CC=CC=CCCCC=O. The first kappa shape index (κ1) is 13.8. The Balaban J connectivity index is 3.72. The maximum absolute atomic E-state index is 10.0. The summed E-state index contributed by atoms with van der Waals surface area (Å²) in [6, 6.07) is 0. The Kier molecular flexibility index (Phi) is 11.1. The summed E-state index contributed by atoms with van der Waals surface area (Å²) in [6.07, 6.45) is 10.9. The Bertz CT molecular complexity index is 419. The van der Waals surface area contributed by atoms with Gasteiger partial charge in [-0.2, -0.15) is 0 Å². The van der Waals surface area contributed by atoms with Crippen LogP contribution in [0.5, 0.6) is 0 Å². The molecule has 0 aromatic heterocycles. The van der Waals surface area contributed by atoms with E-state index in [1.165, 1.54) is 0 Å². The van der Waals surface area contributed by atoms with Gasteiger partial charge in [0, 0.05) is 6.42 Å². The lowest BCUT2D eigenvalue weighted by molar-refractivity contribution is -0.107. The van der Waals surface area contributed by atoms with Crippen LogP contribution in [-0.2, 0) is 4.79 Å². The van der Waals surface area contributed by atoms with Crippen molar-refractivity contribution in [3.8, 4) is 35.5 Å². The van der Waals surface area contributed by atoms with E-state index in [4.69, 9.17) is 0 Å². The molecule has 0 saturated carbocycles. The Morgan fingerprint density at radius 1 is 1.00 bits per heavy atom. The third kappa shape index (κ3) is 11.8. The van der Waals surface area contributed by atoms with Crippen molar-refractivity contribution in [2.24, 2.45) is 0 Å². The monoisotopic (exact) mass is 210 g/mol. The number of unbranched alkanes of at least 4 members (excludes halogenated alkanes) is 2. The quantitative estimate of drug-likeness (QED) is 0.295. The average molecular weight is 210 g/mol. The van der Waals surface area contributed by atoms with E-state index in [1.54, 1.807) is 13.0 Å². The number of carbonyl (C=O) groups excluding carboxylic acids is 1. The van der Waals surface area contributed by atoms with Crippen molar-refractivity contribution < 1.29 is 4.79 Å². The van der Waals surface area contributed by atoms with Gasteiger partial charge in [-0.3, -0.25) is 0 Å². The first-order valence-electron chi connectivity index (χ1n) is 5.09. The van der Waals surface area contributed by atoms with Crippen molar-refractivity contribution in [3.05, 3.63) is 24.3 Å². The summed E-state index contributed by atoms with van der Waals surface area (Å²) in [7, 11) is 0. The Hall–Kier alpha value is -2.17. The van der Waals surface area contributed by atoms with Gasteiger partial charge in [0.25, 0.3) is 0 Å². The van der Waals surface area contributed by atoms with Crippen LogP contribution in [0.2, 0.25) is 0 Å². The highest BCUT2D eigenvalue weighted by molar-refractivity contribution is 5.49. The zero-order valence-corrected chi connectivity index (χ0v) is 9.42. The zero-order valence-electron chi connectivity index (χ0n) is 9.42. The van der Waals surface area contributed by atoms with Crippen molar-refractivity contribution in [1.29, 1.82) is 0 Å². The highest BCUT2D eigenvalue weighted by atomic mass is 16.1. The van der Waals surface area contributed by atoms with Crippen LogP contribution in [0.25, 0.3) is 0 Å². The van der Waals surface area contributed by atoms with Gasteiger partial charge in [0.1, 0.15) is 6.29 Å². The van der Waals surface area contributed by atoms with Crippen molar-refractivity contribution >= 4 is 6.29 Å². The van der Waals surface area contributed by atoms with Crippen molar-refractivity contribution in [1.82, 2.24) is 0 Å². The highest BCUT2D eigenvalue weighted by Crippen LogP contribution is 1.93. The van der Waals surface area contributed by atoms with E-state index in [0.717, 1.165) is 19.1 Å². The number of rotatable bonds is 5. The van der Waals surface area contributed by atoms with E-state index in [1.807, 2.05) is 18.2 Å². The molecule has 80 valence electrons. The number of carbonyl (C=O) groups is 1. The molecule has 0 aromatic rings. The molecule has 0 aromatic carbocycles. The minimum absolute atomic E-state index is 0.627. The summed E-state index contributed by atoms with van der Waals surface area (Å²) < 4.78 is 0. The Morgan fingerprint density at radius 3 is 2.56 bits per heavy atom. The Labute approximate surface area is 97.6 Å². The second-order valence-corrected chi connectivity index (χ2v) is 2.78. The molecule has 1 nitrogen and oxygen atoms in total.